The summed E-state index contributed by atoms with van der Waals surface area (Å²) < 4.78 is 0.415. The SMILES string of the molecule is Cc1[nH]c(/C=C2\SC(=S)N(CCCC(=O)O)C2=O)c(C)c1CCC(=O)O. The third-order valence-electron chi connectivity index (χ3n) is 4.14. The van der Waals surface area contributed by atoms with Gasteiger partial charge in [0.25, 0.3) is 5.91 Å². The molecule has 1 aromatic rings. The number of carbonyl (C=O) groups is 3. The largest absolute Gasteiger partial charge is 0.481 e. The highest BCUT2D eigenvalue weighted by Gasteiger charge is 2.32. The fraction of sp³-hybridized carbons (Fsp3) is 0.412. The van der Waals surface area contributed by atoms with Crippen LogP contribution in [0.25, 0.3) is 6.08 Å². The molecule has 0 unspecified atom stereocenters. The summed E-state index contributed by atoms with van der Waals surface area (Å²) in [5.41, 5.74) is 3.50. The van der Waals surface area contributed by atoms with Gasteiger partial charge in [-0.1, -0.05) is 24.0 Å². The average molecular weight is 396 g/mol. The maximum absolute atomic E-state index is 12.5. The number of amides is 1. The van der Waals surface area contributed by atoms with Crippen molar-refractivity contribution in [1.82, 2.24) is 9.88 Å². The van der Waals surface area contributed by atoms with Gasteiger partial charge in [-0.15, -0.1) is 0 Å². The van der Waals surface area contributed by atoms with E-state index in [1.807, 2.05) is 13.8 Å². The van der Waals surface area contributed by atoms with E-state index in [1.165, 1.54) is 16.7 Å². The van der Waals surface area contributed by atoms with E-state index in [-0.39, 0.29) is 25.3 Å². The van der Waals surface area contributed by atoms with Crippen molar-refractivity contribution in [2.24, 2.45) is 0 Å². The molecule has 1 amide bonds. The number of thioether (sulfide) groups is 1. The minimum Gasteiger partial charge on any atom is -0.481 e. The number of H-pyrrole nitrogens is 1. The molecule has 1 fully saturated rings. The monoisotopic (exact) mass is 396 g/mol. The fourth-order valence-electron chi connectivity index (χ4n) is 2.78. The lowest BCUT2D eigenvalue weighted by Crippen LogP contribution is -2.29. The molecule has 0 atom stereocenters. The molecule has 0 aliphatic carbocycles. The minimum atomic E-state index is -0.905. The summed E-state index contributed by atoms with van der Waals surface area (Å²) in [6.07, 6.45) is 2.52. The van der Waals surface area contributed by atoms with Gasteiger partial charge in [-0.05, 0) is 43.9 Å². The topological polar surface area (TPSA) is 111 Å². The number of aromatic nitrogens is 1. The molecular weight excluding hydrogens is 376 g/mol. The Morgan fingerprint density at radius 1 is 1.23 bits per heavy atom. The van der Waals surface area contributed by atoms with Crippen LogP contribution in [0.1, 0.15) is 41.8 Å². The smallest absolute Gasteiger partial charge is 0.303 e. The standard InChI is InChI=1S/C17H20N2O5S2/c1-9-11(5-6-15(22)23)10(2)18-12(9)8-13-16(24)19(17(25)26-13)7-3-4-14(20)21/h8,18H,3-7H2,1-2H3,(H,20,21)(H,22,23)/b13-8-. The number of nitrogens with one attached hydrogen (secondary N) is 1. The van der Waals surface area contributed by atoms with Crippen molar-refractivity contribution in [1.29, 1.82) is 0 Å². The van der Waals surface area contributed by atoms with Crippen molar-refractivity contribution >= 4 is 52.2 Å². The van der Waals surface area contributed by atoms with Gasteiger partial charge >= 0.3 is 11.9 Å². The molecule has 140 valence electrons. The lowest BCUT2D eigenvalue weighted by atomic mass is 10.0. The summed E-state index contributed by atoms with van der Waals surface area (Å²) in [5.74, 6) is -1.99. The predicted octanol–water partition coefficient (Wildman–Crippen LogP) is 2.71. The van der Waals surface area contributed by atoms with E-state index in [1.54, 1.807) is 6.08 Å². The van der Waals surface area contributed by atoms with Crippen LogP contribution in [0.3, 0.4) is 0 Å². The Morgan fingerprint density at radius 2 is 1.88 bits per heavy atom. The first kappa shape index (κ1) is 20.2. The van der Waals surface area contributed by atoms with Gasteiger partial charge in [0.1, 0.15) is 4.32 Å². The number of aliphatic carboxylic acids is 2. The van der Waals surface area contributed by atoms with Crippen molar-refractivity contribution in [3.63, 3.8) is 0 Å². The van der Waals surface area contributed by atoms with Crippen molar-refractivity contribution < 1.29 is 24.6 Å². The van der Waals surface area contributed by atoms with Gasteiger partial charge in [-0.25, -0.2) is 0 Å². The molecule has 1 aliphatic rings. The van der Waals surface area contributed by atoms with Crippen molar-refractivity contribution in [2.75, 3.05) is 6.54 Å². The van der Waals surface area contributed by atoms with E-state index in [9.17, 15) is 14.4 Å². The molecule has 0 bridgehead atoms. The van der Waals surface area contributed by atoms with E-state index in [0.29, 0.717) is 22.1 Å². The van der Waals surface area contributed by atoms with Crippen LogP contribution in [-0.2, 0) is 20.8 Å². The van der Waals surface area contributed by atoms with E-state index in [0.717, 1.165) is 22.5 Å². The zero-order valence-electron chi connectivity index (χ0n) is 14.5. The van der Waals surface area contributed by atoms with Crippen LogP contribution in [0.15, 0.2) is 4.91 Å². The Balaban J connectivity index is 2.16. The molecule has 9 heteroatoms. The molecule has 26 heavy (non-hydrogen) atoms. The highest BCUT2D eigenvalue weighted by atomic mass is 32.2. The second-order valence-corrected chi connectivity index (χ2v) is 7.67. The third kappa shape index (κ3) is 4.73. The quantitative estimate of drug-likeness (QED) is 0.458. The van der Waals surface area contributed by atoms with Gasteiger partial charge in [0.05, 0.1) is 4.91 Å². The number of rotatable bonds is 8. The van der Waals surface area contributed by atoms with Crippen LogP contribution in [0.5, 0.6) is 0 Å². The zero-order valence-corrected chi connectivity index (χ0v) is 16.1. The van der Waals surface area contributed by atoms with Gasteiger partial charge in [0.2, 0.25) is 0 Å². The van der Waals surface area contributed by atoms with Crippen LogP contribution in [0, 0.1) is 13.8 Å². The number of carboxylic acids is 2. The number of carbonyl (C=O) groups excluding carboxylic acids is 1. The number of aryl methyl sites for hydroxylation is 1. The number of hydrogen-bond donors (Lipinski definition) is 3. The summed E-state index contributed by atoms with van der Waals surface area (Å²) in [6, 6.07) is 0. The van der Waals surface area contributed by atoms with Crippen LogP contribution in [0.2, 0.25) is 0 Å². The van der Waals surface area contributed by atoms with Crippen LogP contribution in [-0.4, -0.2) is 48.8 Å². The molecule has 2 rings (SSSR count). The summed E-state index contributed by atoms with van der Waals surface area (Å²) in [7, 11) is 0. The average Bonchev–Trinajstić information content (AvgIpc) is 2.95. The Bertz CT molecular complexity index is 797. The second kappa shape index (κ2) is 8.50. The van der Waals surface area contributed by atoms with Crippen LogP contribution >= 0.6 is 24.0 Å². The first-order valence-electron chi connectivity index (χ1n) is 8.07. The van der Waals surface area contributed by atoms with Crippen LogP contribution < -0.4 is 0 Å². The van der Waals surface area contributed by atoms with E-state index >= 15 is 0 Å². The number of aromatic amines is 1. The van der Waals surface area contributed by atoms with E-state index in [2.05, 4.69) is 4.98 Å². The molecular formula is C17H20N2O5S2. The van der Waals surface area contributed by atoms with Gasteiger partial charge in [-0.2, -0.15) is 0 Å². The third-order valence-corrected chi connectivity index (χ3v) is 5.52. The van der Waals surface area contributed by atoms with Crippen molar-refractivity contribution in [3.05, 3.63) is 27.4 Å². The normalized spacial score (nSPS) is 15.9. The maximum atomic E-state index is 12.5. The fourth-order valence-corrected chi connectivity index (χ4v) is 4.07. The van der Waals surface area contributed by atoms with Crippen LogP contribution in [0.4, 0.5) is 0 Å². The van der Waals surface area contributed by atoms with E-state index in [4.69, 9.17) is 22.4 Å². The molecule has 7 nitrogen and oxygen atoms in total. The van der Waals surface area contributed by atoms with Gasteiger partial charge < -0.3 is 15.2 Å². The van der Waals surface area contributed by atoms with Gasteiger partial charge in [0.15, 0.2) is 0 Å². The second-order valence-electron chi connectivity index (χ2n) is 5.99. The number of carboxylic acid groups (broad SMARTS) is 2. The predicted molar refractivity (Wildman–Crippen MR) is 103 cm³/mol. The molecule has 1 saturated heterocycles. The molecule has 0 radical (unpaired) electrons. The van der Waals surface area contributed by atoms with Crippen molar-refractivity contribution in [2.45, 2.75) is 39.5 Å². The number of thiocarbonyl (C=S) groups is 1. The Kier molecular flexibility index (Phi) is 6.60. The zero-order chi connectivity index (χ0) is 19.4. The molecule has 0 saturated carbocycles. The highest BCUT2D eigenvalue weighted by molar-refractivity contribution is 8.26. The minimum absolute atomic E-state index is 0.0159. The van der Waals surface area contributed by atoms with Crippen molar-refractivity contribution in [3.8, 4) is 0 Å². The summed E-state index contributed by atoms with van der Waals surface area (Å²) in [4.78, 5) is 39.0. The molecule has 1 aliphatic heterocycles. The first-order valence-corrected chi connectivity index (χ1v) is 9.30. The van der Waals surface area contributed by atoms with E-state index < -0.39 is 11.9 Å². The summed E-state index contributed by atoms with van der Waals surface area (Å²) >= 11 is 6.41. The Morgan fingerprint density at radius 3 is 2.50 bits per heavy atom. The molecule has 2 heterocycles. The lowest BCUT2D eigenvalue weighted by molar-refractivity contribution is -0.138. The lowest BCUT2D eigenvalue weighted by Gasteiger charge is -2.13. The molecule has 0 aromatic carbocycles. The summed E-state index contributed by atoms with van der Waals surface area (Å²) in [6.45, 7) is 4.04. The number of nitrogens with zero attached hydrogens (tertiary/aromatic N) is 1. The maximum Gasteiger partial charge on any atom is 0.303 e. The Hall–Kier alpha value is -2.13. The first-order chi connectivity index (χ1) is 12.2. The summed E-state index contributed by atoms with van der Waals surface area (Å²) in [5, 5.41) is 17.6. The Labute approximate surface area is 160 Å². The number of hydrogen-bond acceptors (Lipinski definition) is 5. The highest BCUT2D eigenvalue weighted by Crippen LogP contribution is 2.33. The van der Waals surface area contributed by atoms with Gasteiger partial charge in [-0.3, -0.25) is 19.3 Å². The van der Waals surface area contributed by atoms with Gasteiger partial charge in [0, 0.05) is 30.8 Å². The molecule has 0 spiro atoms. The molecule has 1 aromatic heterocycles. The molecule has 3 N–H and O–H groups in total.